The number of rotatable bonds is 5. The summed E-state index contributed by atoms with van der Waals surface area (Å²) in [6.45, 7) is 3.23. The third-order valence-electron chi connectivity index (χ3n) is 4.67. The summed E-state index contributed by atoms with van der Waals surface area (Å²) in [7, 11) is 0. The highest BCUT2D eigenvalue weighted by Gasteiger charge is 2.27. The highest BCUT2D eigenvalue weighted by molar-refractivity contribution is 5.76. The van der Waals surface area contributed by atoms with Crippen LogP contribution in [-0.2, 0) is 4.79 Å². The number of carbonyl (C=O) groups is 1. The summed E-state index contributed by atoms with van der Waals surface area (Å²) in [5, 5.41) is 4.09. The highest BCUT2D eigenvalue weighted by Crippen LogP contribution is 2.32. The Kier molecular flexibility index (Phi) is 4.87. The van der Waals surface area contributed by atoms with E-state index < -0.39 is 0 Å². The molecule has 4 rings (SSSR count). The minimum absolute atomic E-state index is 0.0295. The summed E-state index contributed by atoms with van der Waals surface area (Å²) in [4.78, 5) is 18.2. The number of likely N-dealkylation sites (tertiary alicyclic amines) is 1. The summed E-state index contributed by atoms with van der Waals surface area (Å²) >= 11 is 0. The van der Waals surface area contributed by atoms with Crippen LogP contribution >= 0.6 is 0 Å². The van der Waals surface area contributed by atoms with Gasteiger partial charge in [-0.2, -0.15) is 4.98 Å². The van der Waals surface area contributed by atoms with Crippen molar-refractivity contribution in [1.29, 1.82) is 0 Å². The minimum Gasteiger partial charge on any atom is -0.488 e. The van der Waals surface area contributed by atoms with Gasteiger partial charge in [-0.15, -0.1) is 0 Å². The molecule has 3 aromatic rings. The SMILES string of the molecule is CCC(=O)N1CCC(Oc2ccccc2-c2nc(-c3ccccc3)no2)C1. The quantitative estimate of drug-likeness (QED) is 0.690. The number of carbonyl (C=O) groups excluding carboxylic acids is 1. The molecule has 0 N–H and O–H groups in total. The van der Waals surface area contributed by atoms with E-state index in [1.165, 1.54) is 0 Å². The second-order valence-corrected chi connectivity index (χ2v) is 6.51. The Bertz CT molecular complexity index is 923. The number of amides is 1. The summed E-state index contributed by atoms with van der Waals surface area (Å²) in [6.07, 6.45) is 1.31. The maximum Gasteiger partial charge on any atom is 0.262 e. The van der Waals surface area contributed by atoms with Crippen molar-refractivity contribution in [2.24, 2.45) is 0 Å². The average Bonchev–Trinajstić information content (AvgIpc) is 3.38. The molecule has 2 aromatic carbocycles. The van der Waals surface area contributed by atoms with Crippen LogP contribution in [0.2, 0.25) is 0 Å². The Balaban J connectivity index is 1.54. The number of aromatic nitrogens is 2. The van der Waals surface area contributed by atoms with Crippen LogP contribution < -0.4 is 4.74 Å². The van der Waals surface area contributed by atoms with Crippen molar-refractivity contribution in [3.05, 3.63) is 54.6 Å². The molecule has 138 valence electrons. The molecular weight excluding hydrogens is 342 g/mol. The molecule has 1 aromatic heterocycles. The minimum atomic E-state index is -0.0295. The van der Waals surface area contributed by atoms with Crippen molar-refractivity contribution in [2.45, 2.75) is 25.9 Å². The van der Waals surface area contributed by atoms with Gasteiger partial charge in [0.1, 0.15) is 11.9 Å². The van der Waals surface area contributed by atoms with Crippen molar-refractivity contribution in [1.82, 2.24) is 15.0 Å². The van der Waals surface area contributed by atoms with Crippen molar-refractivity contribution >= 4 is 5.91 Å². The normalized spacial score (nSPS) is 16.5. The van der Waals surface area contributed by atoms with Crippen LogP contribution in [0, 0.1) is 0 Å². The van der Waals surface area contributed by atoms with E-state index in [1.54, 1.807) is 0 Å². The van der Waals surface area contributed by atoms with Crippen LogP contribution in [0.5, 0.6) is 5.75 Å². The van der Waals surface area contributed by atoms with Gasteiger partial charge in [0.25, 0.3) is 5.89 Å². The molecule has 1 saturated heterocycles. The average molecular weight is 363 g/mol. The van der Waals surface area contributed by atoms with Gasteiger partial charge in [0.2, 0.25) is 11.7 Å². The lowest BCUT2D eigenvalue weighted by atomic mass is 10.2. The Morgan fingerprint density at radius 2 is 1.96 bits per heavy atom. The van der Waals surface area contributed by atoms with Gasteiger partial charge >= 0.3 is 0 Å². The van der Waals surface area contributed by atoms with Crippen LogP contribution in [0.25, 0.3) is 22.8 Å². The van der Waals surface area contributed by atoms with Gasteiger partial charge in [0.15, 0.2) is 0 Å². The Morgan fingerprint density at radius 3 is 2.78 bits per heavy atom. The zero-order chi connectivity index (χ0) is 18.6. The van der Waals surface area contributed by atoms with Gasteiger partial charge < -0.3 is 14.2 Å². The number of hydrogen-bond donors (Lipinski definition) is 0. The maximum absolute atomic E-state index is 11.9. The summed E-state index contributed by atoms with van der Waals surface area (Å²) in [5.41, 5.74) is 1.66. The lowest BCUT2D eigenvalue weighted by Gasteiger charge is -2.17. The molecule has 0 radical (unpaired) electrons. The van der Waals surface area contributed by atoms with E-state index in [1.807, 2.05) is 66.4 Å². The first-order chi connectivity index (χ1) is 13.2. The first kappa shape index (κ1) is 17.3. The molecule has 1 aliphatic heterocycles. The van der Waals surface area contributed by atoms with E-state index in [4.69, 9.17) is 9.26 Å². The molecule has 6 nitrogen and oxygen atoms in total. The Morgan fingerprint density at radius 1 is 1.19 bits per heavy atom. The van der Waals surface area contributed by atoms with E-state index in [0.717, 1.165) is 24.1 Å². The highest BCUT2D eigenvalue weighted by atomic mass is 16.5. The predicted octanol–water partition coefficient (Wildman–Crippen LogP) is 3.79. The Hall–Kier alpha value is -3.15. The van der Waals surface area contributed by atoms with Crippen molar-refractivity contribution in [3.8, 4) is 28.6 Å². The number of hydrogen-bond acceptors (Lipinski definition) is 5. The lowest BCUT2D eigenvalue weighted by Crippen LogP contribution is -2.30. The van der Waals surface area contributed by atoms with Gasteiger partial charge in [-0.25, -0.2) is 0 Å². The van der Waals surface area contributed by atoms with Gasteiger partial charge in [-0.3, -0.25) is 4.79 Å². The van der Waals surface area contributed by atoms with Crippen LogP contribution in [0.1, 0.15) is 19.8 Å². The molecule has 0 spiro atoms. The number of ether oxygens (including phenoxy) is 1. The molecular formula is C21H21N3O3. The standard InChI is InChI=1S/C21H21N3O3/c1-2-19(25)24-13-12-16(14-24)26-18-11-7-6-10-17(18)21-22-20(23-27-21)15-8-4-3-5-9-15/h3-11,16H,2,12-14H2,1H3. The van der Waals surface area contributed by atoms with Gasteiger partial charge in [-0.1, -0.05) is 54.5 Å². The van der Waals surface area contributed by atoms with Gasteiger partial charge in [0, 0.05) is 24.9 Å². The Labute approximate surface area is 157 Å². The fourth-order valence-corrected chi connectivity index (χ4v) is 3.24. The molecule has 1 atom stereocenters. The van der Waals surface area contributed by atoms with Gasteiger partial charge in [0.05, 0.1) is 12.1 Å². The van der Waals surface area contributed by atoms with Crippen molar-refractivity contribution in [3.63, 3.8) is 0 Å². The molecule has 1 unspecified atom stereocenters. The zero-order valence-corrected chi connectivity index (χ0v) is 15.2. The van der Waals surface area contributed by atoms with Crippen LogP contribution in [0.15, 0.2) is 59.1 Å². The molecule has 1 amide bonds. The molecule has 0 aliphatic carbocycles. The second-order valence-electron chi connectivity index (χ2n) is 6.51. The van der Waals surface area contributed by atoms with E-state index in [0.29, 0.717) is 30.4 Å². The fourth-order valence-electron chi connectivity index (χ4n) is 3.24. The van der Waals surface area contributed by atoms with Crippen LogP contribution in [0.3, 0.4) is 0 Å². The molecule has 6 heteroatoms. The third kappa shape index (κ3) is 3.69. The first-order valence-electron chi connectivity index (χ1n) is 9.17. The van der Waals surface area contributed by atoms with E-state index in [-0.39, 0.29) is 12.0 Å². The van der Waals surface area contributed by atoms with Crippen LogP contribution in [-0.4, -0.2) is 40.1 Å². The fraction of sp³-hybridized carbons (Fsp3) is 0.286. The molecule has 1 fully saturated rings. The second kappa shape index (κ2) is 7.61. The lowest BCUT2D eigenvalue weighted by molar-refractivity contribution is -0.130. The summed E-state index contributed by atoms with van der Waals surface area (Å²) in [6, 6.07) is 17.3. The molecule has 1 aliphatic rings. The number of para-hydroxylation sites is 1. The van der Waals surface area contributed by atoms with E-state index >= 15 is 0 Å². The molecule has 0 bridgehead atoms. The molecule has 0 saturated carbocycles. The summed E-state index contributed by atoms with van der Waals surface area (Å²) < 4.78 is 11.7. The van der Waals surface area contributed by atoms with Crippen molar-refractivity contribution < 1.29 is 14.1 Å². The third-order valence-corrected chi connectivity index (χ3v) is 4.67. The van der Waals surface area contributed by atoms with E-state index in [2.05, 4.69) is 10.1 Å². The first-order valence-corrected chi connectivity index (χ1v) is 9.17. The molecule has 2 heterocycles. The topological polar surface area (TPSA) is 68.5 Å². The summed E-state index contributed by atoms with van der Waals surface area (Å²) in [5.74, 6) is 1.82. The van der Waals surface area contributed by atoms with Crippen molar-refractivity contribution in [2.75, 3.05) is 13.1 Å². The zero-order valence-electron chi connectivity index (χ0n) is 15.2. The van der Waals surface area contributed by atoms with E-state index in [9.17, 15) is 4.79 Å². The predicted molar refractivity (Wildman–Crippen MR) is 101 cm³/mol. The number of benzene rings is 2. The van der Waals surface area contributed by atoms with Crippen LogP contribution in [0.4, 0.5) is 0 Å². The smallest absolute Gasteiger partial charge is 0.262 e. The maximum atomic E-state index is 11.9. The monoisotopic (exact) mass is 363 g/mol. The number of nitrogens with zero attached hydrogens (tertiary/aromatic N) is 3. The van der Waals surface area contributed by atoms with Gasteiger partial charge in [-0.05, 0) is 12.1 Å². The molecule has 27 heavy (non-hydrogen) atoms. The largest absolute Gasteiger partial charge is 0.488 e.